The van der Waals surface area contributed by atoms with Gasteiger partial charge in [-0.05, 0) is 12.1 Å². The lowest BCUT2D eigenvalue weighted by molar-refractivity contribution is -0.138. The number of anilines is 1. The third-order valence-corrected chi connectivity index (χ3v) is 5.16. The van der Waals surface area contributed by atoms with E-state index in [0.29, 0.717) is 32.7 Å². The van der Waals surface area contributed by atoms with Gasteiger partial charge in [-0.25, -0.2) is 4.39 Å². The van der Waals surface area contributed by atoms with Crippen LogP contribution in [0.4, 0.5) is 10.1 Å². The van der Waals surface area contributed by atoms with E-state index >= 15 is 0 Å². The van der Waals surface area contributed by atoms with Crippen molar-refractivity contribution in [3.63, 3.8) is 0 Å². The maximum absolute atomic E-state index is 14.0. The number of hydrogen-bond donors (Lipinski definition) is 0. The molecule has 146 valence electrons. The maximum Gasteiger partial charge on any atom is 0.236 e. The molecule has 1 aromatic carbocycles. The average Bonchev–Trinajstić information content (AvgIpc) is 3.03. The van der Waals surface area contributed by atoms with E-state index in [1.54, 1.807) is 42.1 Å². The van der Waals surface area contributed by atoms with Gasteiger partial charge < -0.3 is 14.7 Å². The Morgan fingerprint density at radius 2 is 1.81 bits per heavy atom. The van der Waals surface area contributed by atoms with E-state index in [-0.39, 0.29) is 36.4 Å². The SMILES string of the molecule is CN(C)C(=O)CN1CCN(C(=O)[C@H]2CC(=O)N(c3ccccc3F)C2)CC1. The molecule has 1 atom stereocenters. The lowest BCUT2D eigenvalue weighted by Gasteiger charge is -2.35. The van der Waals surface area contributed by atoms with Crippen molar-refractivity contribution in [3.05, 3.63) is 30.1 Å². The van der Waals surface area contributed by atoms with Crippen molar-refractivity contribution in [2.75, 3.05) is 58.3 Å². The molecule has 0 N–H and O–H groups in total. The molecule has 8 heteroatoms. The van der Waals surface area contributed by atoms with Crippen molar-refractivity contribution in [1.82, 2.24) is 14.7 Å². The van der Waals surface area contributed by atoms with Crippen LogP contribution >= 0.6 is 0 Å². The normalized spacial score (nSPS) is 20.9. The van der Waals surface area contributed by atoms with Crippen LogP contribution < -0.4 is 4.90 Å². The Balaban J connectivity index is 1.56. The van der Waals surface area contributed by atoms with Crippen molar-refractivity contribution in [3.8, 4) is 0 Å². The number of nitrogens with zero attached hydrogens (tertiary/aromatic N) is 4. The number of rotatable bonds is 4. The van der Waals surface area contributed by atoms with Gasteiger partial charge in [-0.2, -0.15) is 0 Å². The molecule has 3 amide bonds. The second kappa shape index (κ2) is 8.04. The molecule has 0 aliphatic carbocycles. The first-order chi connectivity index (χ1) is 12.9. The Bertz CT molecular complexity index is 731. The number of piperazine rings is 1. The summed E-state index contributed by atoms with van der Waals surface area (Å²) in [5.74, 6) is -1.17. The fourth-order valence-electron chi connectivity index (χ4n) is 3.49. The van der Waals surface area contributed by atoms with Gasteiger partial charge in [0.15, 0.2) is 0 Å². The first-order valence-electron chi connectivity index (χ1n) is 9.13. The molecule has 2 saturated heterocycles. The minimum Gasteiger partial charge on any atom is -0.348 e. The van der Waals surface area contributed by atoms with Crippen molar-refractivity contribution in [2.24, 2.45) is 5.92 Å². The number of amides is 3. The van der Waals surface area contributed by atoms with E-state index in [2.05, 4.69) is 0 Å². The minimum atomic E-state index is -0.460. The summed E-state index contributed by atoms with van der Waals surface area (Å²) in [6, 6.07) is 6.12. The largest absolute Gasteiger partial charge is 0.348 e. The number of para-hydroxylation sites is 1. The Labute approximate surface area is 158 Å². The number of carbonyl (C=O) groups is 3. The van der Waals surface area contributed by atoms with Crippen LogP contribution in [0.15, 0.2) is 24.3 Å². The molecule has 2 heterocycles. The van der Waals surface area contributed by atoms with Crippen molar-refractivity contribution in [1.29, 1.82) is 0 Å². The number of halogens is 1. The molecule has 0 unspecified atom stereocenters. The van der Waals surface area contributed by atoms with Crippen LogP contribution in [0.5, 0.6) is 0 Å². The van der Waals surface area contributed by atoms with Gasteiger partial charge >= 0.3 is 0 Å². The predicted octanol–water partition coefficient (Wildman–Crippen LogP) is 0.411. The van der Waals surface area contributed by atoms with Crippen molar-refractivity contribution in [2.45, 2.75) is 6.42 Å². The highest BCUT2D eigenvalue weighted by Crippen LogP contribution is 2.28. The van der Waals surface area contributed by atoms with E-state index in [0.717, 1.165) is 0 Å². The van der Waals surface area contributed by atoms with Gasteiger partial charge in [0.25, 0.3) is 0 Å². The third kappa shape index (κ3) is 4.27. The third-order valence-electron chi connectivity index (χ3n) is 5.16. The summed E-state index contributed by atoms with van der Waals surface area (Å²) in [6.07, 6.45) is 0.104. The Morgan fingerprint density at radius 3 is 2.44 bits per heavy atom. The molecule has 2 fully saturated rings. The maximum atomic E-state index is 14.0. The van der Waals surface area contributed by atoms with E-state index in [1.807, 2.05) is 4.90 Å². The molecule has 27 heavy (non-hydrogen) atoms. The van der Waals surface area contributed by atoms with Gasteiger partial charge in [0.2, 0.25) is 17.7 Å². The van der Waals surface area contributed by atoms with Crippen LogP contribution in [0.3, 0.4) is 0 Å². The summed E-state index contributed by atoms with van der Waals surface area (Å²) in [5.41, 5.74) is 0.227. The lowest BCUT2D eigenvalue weighted by Crippen LogP contribution is -2.52. The van der Waals surface area contributed by atoms with E-state index in [1.165, 1.54) is 11.0 Å². The van der Waals surface area contributed by atoms with Gasteiger partial charge in [-0.15, -0.1) is 0 Å². The fourth-order valence-corrected chi connectivity index (χ4v) is 3.49. The first kappa shape index (κ1) is 19.3. The fraction of sp³-hybridized carbons (Fsp3) is 0.526. The molecule has 0 spiro atoms. The molecule has 2 aliphatic rings. The highest BCUT2D eigenvalue weighted by atomic mass is 19.1. The van der Waals surface area contributed by atoms with Crippen LogP contribution in [0.25, 0.3) is 0 Å². The van der Waals surface area contributed by atoms with E-state index in [4.69, 9.17) is 0 Å². The van der Waals surface area contributed by atoms with E-state index < -0.39 is 11.7 Å². The molecule has 1 aromatic rings. The molecule has 0 bridgehead atoms. The predicted molar refractivity (Wildman–Crippen MR) is 98.6 cm³/mol. The van der Waals surface area contributed by atoms with Crippen LogP contribution in [-0.4, -0.2) is 85.8 Å². The van der Waals surface area contributed by atoms with Crippen LogP contribution in [0.2, 0.25) is 0 Å². The molecule has 0 radical (unpaired) electrons. The topological polar surface area (TPSA) is 64.2 Å². The summed E-state index contributed by atoms with van der Waals surface area (Å²) in [4.78, 5) is 43.6. The highest BCUT2D eigenvalue weighted by Gasteiger charge is 2.38. The molecular formula is C19H25FN4O3. The van der Waals surface area contributed by atoms with Crippen molar-refractivity contribution >= 4 is 23.4 Å². The number of carbonyl (C=O) groups excluding carboxylic acids is 3. The van der Waals surface area contributed by atoms with Gasteiger partial charge in [0.05, 0.1) is 18.2 Å². The van der Waals surface area contributed by atoms with Gasteiger partial charge in [-0.1, -0.05) is 12.1 Å². The standard InChI is InChI=1S/C19H25FN4O3/c1-21(2)18(26)13-22-7-9-23(10-8-22)19(27)14-11-17(25)24(12-14)16-6-4-3-5-15(16)20/h3-6,14H,7-13H2,1-2H3/t14-/m0/s1. The smallest absolute Gasteiger partial charge is 0.236 e. The molecule has 7 nitrogen and oxygen atoms in total. The Morgan fingerprint density at radius 1 is 1.15 bits per heavy atom. The van der Waals surface area contributed by atoms with Gasteiger partial charge in [0.1, 0.15) is 5.82 Å². The zero-order valence-corrected chi connectivity index (χ0v) is 15.7. The summed E-state index contributed by atoms with van der Waals surface area (Å²) >= 11 is 0. The monoisotopic (exact) mass is 376 g/mol. The number of hydrogen-bond acceptors (Lipinski definition) is 4. The molecule has 0 aromatic heterocycles. The Kier molecular flexibility index (Phi) is 5.74. The highest BCUT2D eigenvalue weighted by molar-refractivity contribution is 6.00. The average molecular weight is 376 g/mol. The first-order valence-corrected chi connectivity index (χ1v) is 9.13. The van der Waals surface area contributed by atoms with Gasteiger partial charge in [0, 0.05) is 53.2 Å². The zero-order chi connectivity index (χ0) is 19.6. The number of likely N-dealkylation sites (N-methyl/N-ethyl adjacent to an activating group) is 1. The number of benzene rings is 1. The summed E-state index contributed by atoms with van der Waals surface area (Å²) in [5, 5.41) is 0. The molecule has 2 aliphatic heterocycles. The second-order valence-electron chi connectivity index (χ2n) is 7.25. The van der Waals surface area contributed by atoms with Crippen LogP contribution in [-0.2, 0) is 14.4 Å². The van der Waals surface area contributed by atoms with Crippen molar-refractivity contribution < 1.29 is 18.8 Å². The minimum absolute atomic E-state index is 0.0386. The van der Waals surface area contributed by atoms with Crippen LogP contribution in [0, 0.1) is 11.7 Å². The van der Waals surface area contributed by atoms with Crippen LogP contribution in [0.1, 0.15) is 6.42 Å². The quantitative estimate of drug-likeness (QED) is 0.764. The Hall–Kier alpha value is -2.48. The summed E-state index contributed by atoms with van der Waals surface area (Å²) in [7, 11) is 3.45. The van der Waals surface area contributed by atoms with Gasteiger partial charge in [-0.3, -0.25) is 19.3 Å². The zero-order valence-electron chi connectivity index (χ0n) is 15.7. The summed E-state index contributed by atoms with van der Waals surface area (Å²) < 4.78 is 14.0. The molecule has 0 saturated carbocycles. The summed E-state index contributed by atoms with van der Waals surface area (Å²) in [6.45, 7) is 2.87. The lowest BCUT2D eigenvalue weighted by atomic mass is 10.1. The molecule has 3 rings (SSSR count). The van der Waals surface area contributed by atoms with E-state index in [9.17, 15) is 18.8 Å². The molecular weight excluding hydrogens is 351 g/mol. The second-order valence-corrected chi connectivity index (χ2v) is 7.25.